The maximum Gasteiger partial charge on any atom is 0.343 e. The van der Waals surface area contributed by atoms with Crippen molar-refractivity contribution in [3.63, 3.8) is 0 Å². The molecule has 4 aromatic carbocycles. The molecule has 0 radical (unpaired) electrons. The molecule has 0 atom stereocenters. The fraction of sp³-hybridized carbons (Fsp3) is 0.100. The highest BCUT2D eigenvalue weighted by molar-refractivity contribution is 8.18. The van der Waals surface area contributed by atoms with Gasteiger partial charge in [0, 0.05) is 0 Å². The Balaban J connectivity index is 1.33. The van der Waals surface area contributed by atoms with E-state index in [9.17, 15) is 14.4 Å². The molecule has 0 N–H and O–H groups in total. The molecule has 0 bridgehead atoms. The predicted molar refractivity (Wildman–Crippen MR) is 146 cm³/mol. The van der Waals surface area contributed by atoms with Gasteiger partial charge in [0.05, 0.1) is 31.2 Å². The summed E-state index contributed by atoms with van der Waals surface area (Å²) in [7, 11) is 3.01. The first-order valence-electron chi connectivity index (χ1n) is 11.7. The molecule has 0 aliphatic carbocycles. The Hall–Kier alpha value is -4.56. The molecule has 2 amide bonds. The smallest absolute Gasteiger partial charge is 0.343 e. The minimum Gasteiger partial charge on any atom is -0.497 e. The normalized spacial score (nSPS) is 14.3. The third-order valence-corrected chi connectivity index (χ3v) is 7.00. The summed E-state index contributed by atoms with van der Waals surface area (Å²) < 4.78 is 16.0. The summed E-state index contributed by atoms with van der Waals surface area (Å²) in [5, 5.41) is 1.72. The Bertz CT molecular complexity index is 1570. The topological polar surface area (TPSA) is 82.1 Å². The quantitative estimate of drug-likeness (QED) is 0.159. The Morgan fingerprint density at radius 1 is 0.868 bits per heavy atom. The lowest BCUT2D eigenvalue weighted by Gasteiger charge is -2.14. The van der Waals surface area contributed by atoms with Crippen LogP contribution in [0, 0.1) is 0 Å². The SMILES string of the molecule is COc1ccc(C(=O)Oc2ccc(/C=C3\SC(=O)N(Cc4cccc5ccccc45)C3=O)cc2OC)cc1. The van der Waals surface area contributed by atoms with E-state index in [4.69, 9.17) is 14.2 Å². The zero-order valence-electron chi connectivity index (χ0n) is 20.7. The summed E-state index contributed by atoms with van der Waals surface area (Å²) in [6, 6.07) is 25.2. The molecular formula is C30H23NO6S. The summed E-state index contributed by atoms with van der Waals surface area (Å²) in [6.07, 6.45) is 1.63. The molecule has 0 spiro atoms. The average molecular weight is 526 g/mol. The second kappa shape index (κ2) is 10.8. The van der Waals surface area contributed by atoms with Crippen LogP contribution < -0.4 is 14.2 Å². The van der Waals surface area contributed by atoms with Crippen LogP contribution in [-0.2, 0) is 11.3 Å². The Kier molecular flexibility index (Phi) is 7.15. The van der Waals surface area contributed by atoms with Gasteiger partial charge in [-0.3, -0.25) is 14.5 Å². The number of benzene rings is 4. The molecule has 38 heavy (non-hydrogen) atoms. The summed E-state index contributed by atoms with van der Waals surface area (Å²) in [5.74, 6) is 0.269. The van der Waals surface area contributed by atoms with E-state index in [-0.39, 0.29) is 23.4 Å². The Morgan fingerprint density at radius 3 is 2.39 bits per heavy atom. The van der Waals surface area contributed by atoms with Gasteiger partial charge >= 0.3 is 5.97 Å². The number of amides is 2. The minimum absolute atomic E-state index is 0.187. The highest BCUT2D eigenvalue weighted by Gasteiger charge is 2.35. The average Bonchev–Trinajstić information content (AvgIpc) is 3.21. The number of rotatable bonds is 7. The van der Waals surface area contributed by atoms with Crippen molar-refractivity contribution in [3.8, 4) is 17.2 Å². The van der Waals surface area contributed by atoms with Gasteiger partial charge in [-0.25, -0.2) is 4.79 Å². The molecule has 8 heteroatoms. The van der Waals surface area contributed by atoms with Crippen LogP contribution in [0.2, 0.25) is 0 Å². The second-order valence-electron chi connectivity index (χ2n) is 8.43. The number of imide groups is 1. The molecule has 1 fully saturated rings. The van der Waals surface area contributed by atoms with Crippen molar-refractivity contribution < 1.29 is 28.6 Å². The van der Waals surface area contributed by atoms with Gasteiger partial charge in [0.1, 0.15) is 5.75 Å². The molecule has 0 saturated carbocycles. The van der Waals surface area contributed by atoms with E-state index in [2.05, 4.69) is 0 Å². The second-order valence-corrected chi connectivity index (χ2v) is 9.43. The minimum atomic E-state index is -0.548. The first-order chi connectivity index (χ1) is 18.5. The number of carbonyl (C=O) groups is 3. The largest absolute Gasteiger partial charge is 0.497 e. The first-order valence-corrected chi connectivity index (χ1v) is 12.5. The molecule has 190 valence electrons. The lowest BCUT2D eigenvalue weighted by Crippen LogP contribution is -2.27. The van der Waals surface area contributed by atoms with Crippen LogP contribution in [0.25, 0.3) is 16.8 Å². The lowest BCUT2D eigenvalue weighted by atomic mass is 10.0. The predicted octanol–water partition coefficient (Wildman–Crippen LogP) is 6.31. The molecule has 5 rings (SSSR count). The number of methoxy groups -OCH3 is 2. The molecule has 1 aliphatic heterocycles. The maximum atomic E-state index is 13.1. The molecule has 0 aromatic heterocycles. The molecule has 0 unspecified atom stereocenters. The molecule has 4 aromatic rings. The Morgan fingerprint density at radius 2 is 1.63 bits per heavy atom. The highest BCUT2D eigenvalue weighted by Crippen LogP contribution is 2.36. The number of ether oxygens (including phenoxy) is 3. The fourth-order valence-corrected chi connectivity index (χ4v) is 4.97. The van der Waals surface area contributed by atoms with E-state index in [0.717, 1.165) is 28.1 Å². The van der Waals surface area contributed by atoms with Crippen LogP contribution in [0.1, 0.15) is 21.5 Å². The van der Waals surface area contributed by atoms with Gasteiger partial charge in [-0.05, 0) is 76.1 Å². The highest BCUT2D eigenvalue weighted by atomic mass is 32.2. The Labute approximate surface area is 223 Å². The number of thioether (sulfide) groups is 1. The van der Waals surface area contributed by atoms with E-state index in [0.29, 0.717) is 27.5 Å². The van der Waals surface area contributed by atoms with E-state index < -0.39 is 5.97 Å². The third-order valence-electron chi connectivity index (χ3n) is 6.10. The zero-order chi connectivity index (χ0) is 26.6. The number of hydrogen-bond acceptors (Lipinski definition) is 7. The van der Waals surface area contributed by atoms with Crippen molar-refractivity contribution >= 4 is 45.7 Å². The van der Waals surface area contributed by atoms with Gasteiger partial charge in [0.25, 0.3) is 11.1 Å². The van der Waals surface area contributed by atoms with Crippen LogP contribution in [-0.4, -0.2) is 36.2 Å². The van der Waals surface area contributed by atoms with Crippen molar-refractivity contribution in [2.24, 2.45) is 0 Å². The summed E-state index contributed by atoms with van der Waals surface area (Å²) in [6.45, 7) is 0.187. The number of fused-ring (bicyclic) bond motifs is 1. The third kappa shape index (κ3) is 5.12. The molecule has 1 saturated heterocycles. The molecule has 1 aliphatic rings. The van der Waals surface area contributed by atoms with E-state index in [1.54, 1.807) is 55.7 Å². The van der Waals surface area contributed by atoms with Gasteiger partial charge < -0.3 is 14.2 Å². The number of nitrogens with zero attached hydrogens (tertiary/aromatic N) is 1. The zero-order valence-corrected chi connectivity index (χ0v) is 21.5. The van der Waals surface area contributed by atoms with Crippen LogP contribution in [0.3, 0.4) is 0 Å². The van der Waals surface area contributed by atoms with Gasteiger partial charge in [-0.2, -0.15) is 0 Å². The van der Waals surface area contributed by atoms with E-state index in [1.807, 2.05) is 42.5 Å². The summed E-state index contributed by atoms with van der Waals surface area (Å²) in [4.78, 5) is 40.0. The van der Waals surface area contributed by atoms with Crippen LogP contribution in [0.4, 0.5) is 4.79 Å². The molecule has 7 nitrogen and oxygen atoms in total. The van der Waals surface area contributed by atoms with Crippen LogP contribution in [0.5, 0.6) is 17.2 Å². The standard InChI is InChI=1S/C30H23NO6S/c1-35-23-13-11-21(12-14-23)29(33)37-25-15-10-19(16-26(25)36-2)17-27-28(32)31(30(34)38-27)18-22-8-5-7-20-6-3-4-9-24(20)22/h3-17H,18H2,1-2H3/b27-17-. The van der Waals surface area contributed by atoms with Gasteiger partial charge in [-0.1, -0.05) is 48.5 Å². The van der Waals surface area contributed by atoms with Crippen molar-refractivity contribution in [3.05, 3.63) is 107 Å². The number of carbonyl (C=O) groups excluding carboxylic acids is 3. The van der Waals surface area contributed by atoms with Crippen molar-refractivity contribution in [2.45, 2.75) is 6.54 Å². The number of esters is 1. The van der Waals surface area contributed by atoms with Crippen molar-refractivity contribution in [1.82, 2.24) is 4.90 Å². The molecular weight excluding hydrogens is 502 g/mol. The van der Waals surface area contributed by atoms with E-state index in [1.165, 1.54) is 12.0 Å². The van der Waals surface area contributed by atoms with Crippen LogP contribution >= 0.6 is 11.8 Å². The van der Waals surface area contributed by atoms with Crippen molar-refractivity contribution in [2.75, 3.05) is 14.2 Å². The van der Waals surface area contributed by atoms with E-state index >= 15 is 0 Å². The van der Waals surface area contributed by atoms with Gasteiger partial charge in [-0.15, -0.1) is 0 Å². The van der Waals surface area contributed by atoms with Crippen LogP contribution in [0.15, 0.2) is 89.8 Å². The van der Waals surface area contributed by atoms with Gasteiger partial charge in [0.15, 0.2) is 11.5 Å². The van der Waals surface area contributed by atoms with Gasteiger partial charge in [0.2, 0.25) is 0 Å². The summed E-state index contributed by atoms with van der Waals surface area (Å²) in [5.41, 5.74) is 1.88. The van der Waals surface area contributed by atoms with Crippen molar-refractivity contribution in [1.29, 1.82) is 0 Å². The fourth-order valence-electron chi connectivity index (χ4n) is 4.13. The monoisotopic (exact) mass is 525 g/mol. The lowest BCUT2D eigenvalue weighted by molar-refractivity contribution is -0.123. The first kappa shape index (κ1) is 25.1. The molecule has 1 heterocycles. The number of hydrogen-bond donors (Lipinski definition) is 0. The maximum absolute atomic E-state index is 13.1. The summed E-state index contributed by atoms with van der Waals surface area (Å²) >= 11 is 0.892.